The summed E-state index contributed by atoms with van der Waals surface area (Å²) in [5.41, 5.74) is 0. The molecular weight excluding hydrogens is 889 g/mol. The lowest BCUT2D eigenvalue weighted by Gasteiger charge is -2.24. The Morgan fingerprint density at radius 1 is 0.644 bits per heavy atom. The maximum absolute atomic E-state index is 12.6. The van der Waals surface area contributed by atoms with Gasteiger partial charge in [0.15, 0.2) is 0 Å². The lowest BCUT2D eigenvalue weighted by atomic mass is 10.0. The maximum atomic E-state index is 12.6. The van der Waals surface area contributed by atoms with Gasteiger partial charge in [0.05, 0.1) is 52.2 Å². The quantitative estimate of drug-likeness (QED) is 0.0112. The van der Waals surface area contributed by atoms with Gasteiger partial charge in [0, 0.05) is 53.6 Å². The van der Waals surface area contributed by atoms with Crippen molar-refractivity contribution in [3.8, 4) is 0 Å². The number of carbonyl (C=O) groups excluding carboxylic acids is 6. The lowest BCUT2D eigenvalue weighted by Crippen LogP contribution is -2.50. The second kappa shape index (κ2) is 37.8. The van der Waals surface area contributed by atoms with Gasteiger partial charge in [-0.25, -0.2) is 16.5 Å². The topological polar surface area (TPSA) is 289 Å². The summed E-state index contributed by atoms with van der Waals surface area (Å²) < 4.78 is 20.9. The average molecular weight is 958 g/mol. The van der Waals surface area contributed by atoms with Crippen LogP contribution in [0.3, 0.4) is 0 Å². The van der Waals surface area contributed by atoms with Gasteiger partial charge in [-0.3, -0.25) is 38.8 Å². The van der Waals surface area contributed by atoms with Gasteiger partial charge < -0.3 is 34.7 Å². The number of unbranched alkanes of at least 4 members (excludes halogenated alkanes) is 13. The minimum Gasteiger partial charge on any atom is -0.480 e. The number of hydrazine groups is 2. The Kier molecular flexibility index (Phi) is 35.7. The van der Waals surface area contributed by atoms with E-state index in [0.29, 0.717) is 6.42 Å². The van der Waals surface area contributed by atoms with Crippen LogP contribution in [-0.4, -0.2) is 132 Å². The van der Waals surface area contributed by atoms with Crippen LogP contribution in [0.1, 0.15) is 122 Å². The van der Waals surface area contributed by atoms with Crippen LogP contribution in [0, 0.1) is 4.91 Å². The first-order valence-corrected chi connectivity index (χ1v) is 21.6. The number of halogens is 1. The standard InChI is InChI=1S/C38H68IN7O13/c1-30(37(39)52)43-34(49)28-58-26-25-57-23-21-45(40)36(51)29-59-27-24-56-22-20-42-32(47)19-18-31(38(53)54)46(41)35(50)17-15-13-11-9-7-5-3-2-4-6-8-10-12-14-16-33(48)44-55/h30-31H,2-29,40-41H2,1H3,(H,42,47)(H,43,49)(H,53,54)/t30?,31-/m0/s1. The molecule has 59 heavy (non-hydrogen) atoms. The summed E-state index contributed by atoms with van der Waals surface area (Å²) in [4.78, 5) is 92.4. The molecule has 0 bridgehead atoms. The smallest absolute Gasteiger partial charge is 0.328 e. The number of nitrogens with one attached hydrogen (secondary N) is 2. The van der Waals surface area contributed by atoms with E-state index >= 15 is 0 Å². The highest BCUT2D eigenvalue weighted by Gasteiger charge is 2.27. The van der Waals surface area contributed by atoms with Gasteiger partial charge in [0.25, 0.3) is 11.8 Å². The third-order valence-electron chi connectivity index (χ3n) is 8.97. The Morgan fingerprint density at radius 3 is 1.66 bits per heavy atom. The number of carboxylic acids is 1. The highest BCUT2D eigenvalue weighted by atomic mass is 127. The van der Waals surface area contributed by atoms with E-state index in [1.165, 1.54) is 32.1 Å². The van der Waals surface area contributed by atoms with Gasteiger partial charge in [-0.1, -0.05) is 77.0 Å². The van der Waals surface area contributed by atoms with Gasteiger partial charge >= 0.3 is 5.97 Å². The van der Waals surface area contributed by atoms with E-state index in [4.69, 9.17) is 30.6 Å². The molecule has 0 aromatic rings. The number of rotatable bonds is 40. The zero-order valence-electron chi connectivity index (χ0n) is 34.7. The molecule has 0 saturated carbocycles. The van der Waals surface area contributed by atoms with Crippen molar-refractivity contribution < 1.29 is 57.6 Å². The SMILES string of the molecule is CC(NC(=O)COCCOCCN(N)C(=O)COCCOCCNC(=O)CC[C@@H](C(=O)O)N(N)C(=O)CCCCCCCCCCCCCCCCC(=O)N=O)C(=O)I. The first-order chi connectivity index (χ1) is 28.3. The molecule has 0 aliphatic carbocycles. The Morgan fingerprint density at radius 2 is 1.14 bits per heavy atom. The number of nitrogens with two attached hydrogens (primary N) is 2. The molecule has 20 nitrogen and oxygen atoms in total. The average Bonchev–Trinajstić information content (AvgIpc) is 3.20. The largest absolute Gasteiger partial charge is 0.480 e. The number of carboxylic acid groups (broad SMARTS) is 1. The molecule has 0 saturated heterocycles. The number of ether oxygens (including phenoxy) is 4. The predicted octanol–water partition coefficient (Wildman–Crippen LogP) is 2.81. The third-order valence-corrected chi connectivity index (χ3v) is 9.91. The summed E-state index contributed by atoms with van der Waals surface area (Å²) >= 11 is 1.60. The van der Waals surface area contributed by atoms with E-state index in [0.717, 1.165) is 61.4 Å². The van der Waals surface area contributed by atoms with Gasteiger partial charge in [0.2, 0.25) is 21.5 Å². The number of nitroso groups, excluding NO2 is 1. The summed E-state index contributed by atoms with van der Waals surface area (Å²) in [6.45, 7) is 2.18. The van der Waals surface area contributed by atoms with Crippen LogP contribution in [0.15, 0.2) is 5.18 Å². The first kappa shape index (κ1) is 55.8. The van der Waals surface area contributed by atoms with Crippen molar-refractivity contribution in [3.05, 3.63) is 4.91 Å². The van der Waals surface area contributed by atoms with Gasteiger partial charge in [0.1, 0.15) is 19.3 Å². The minimum atomic E-state index is -1.33. The van der Waals surface area contributed by atoms with E-state index in [9.17, 15) is 43.6 Å². The number of hydrogen-bond acceptors (Lipinski definition) is 14. The van der Waals surface area contributed by atoms with Crippen LogP contribution in [0.4, 0.5) is 0 Å². The van der Waals surface area contributed by atoms with Crippen LogP contribution in [-0.2, 0) is 52.5 Å². The van der Waals surface area contributed by atoms with Crippen molar-refractivity contribution in [1.29, 1.82) is 0 Å². The van der Waals surface area contributed by atoms with E-state index in [1.807, 2.05) is 0 Å². The number of carbonyl (C=O) groups is 7. The van der Waals surface area contributed by atoms with Crippen molar-refractivity contribution in [2.45, 2.75) is 135 Å². The summed E-state index contributed by atoms with van der Waals surface area (Å²) in [6.07, 6.45) is 14.6. The number of amides is 5. The van der Waals surface area contributed by atoms with Gasteiger partial charge in [-0.2, -0.15) is 0 Å². The van der Waals surface area contributed by atoms with E-state index in [1.54, 1.807) is 29.5 Å². The molecule has 0 fully saturated rings. The molecule has 1 unspecified atom stereocenters. The van der Waals surface area contributed by atoms with E-state index in [2.05, 4.69) is 15.8 Å². The molecule has 0 heterocycles. The highest BCUT2D eigenvalue weighted by molar-refractivity contribution is 14.1. The van der Waals surface area contributed by atoms with Crippen molar-refractivity contribution >= 4 is 61.9 Å². The second-order valence-corrected chi connectivity index (χ2v) is 15.1. The first-order valence-electron chi connectivity index (χ1n) is 20.6. The maximum Gasteiger partial charge on any atom is 0.328 e. The van der Waals surface area contributed by atoms with E-state index in [-0.39, 0.29) is 95.4 Å². The molecule has 21 heteroatoms. The molecular formula is C38H68IN7O13. The molecule has 0 radical (unpaired) electrons. The molecule has 5 amide bonds. The summed E-state index contributed by atoms with van der Waals surface area (Å²) in [6, 6.07) is -1.92. The van der Waals surface area contributed by atoms with Crippen LogP contribution in [0.25, 0.3) is 0 Å². The molecule has 0 spiro atoms. The van der Waals surface area contributed by atoms with Crippen LogP contribution < -0.4 is 22.3 Å². The molecule has 2 atom stereocenters. The molecule has 7 N–H and O–H groups in total. The molecule has 340 valence electrons. The summed E-state index contributed by atoms with van der Waals surface area (Å²) in [5.74, 6) is 7.94. The van der Waals surface area contributed by atoms with Crippen molar-refractivity contribution in [2.24, 2.45) is 16.9 Å². The molecule has 0 aliphatic rings. The number of hydrogen-bond donors (Lipinski definition) is 5. The Balaban J connectivity index is 3.85. The molecule has 0 aromatic heterocycles. The Bertz CT molecular complexity index is 1230. The molecule has 0 aromatic carbocycles. The van der Waals surface area contributed by atoms with E-state index < -0.39 is 47.6 Å². The lowest BCUT2D eigenvalue weighted by molar-refractivity contribution is -0.151. The number of aliphatic carboxylic acids is 1. The summed E-state index contributed by atoms with van der Waals surface area (Å²) in [7, 11) is 0. The van der Waals surface area contributed by atoms with Crippen molar-refractivity contribution in [3.63, 3.8) is 0 Å². The predicted molar refractivity (Wildman–Crippen MR) is 225 cm³/mol. The molecule has 0 aliphatic heterocycles. The van der Waals surface area contributed by atoms with Crippen molar-refractivity contribution in [1.82, 2.24) is 20.7 Å². The zero-order chi connectivity index (χ0) is 44.1. The number of nitrogens with zero attached hydrogens (tertiary/aromatic N) is 3. The van der Waals surface area contributed by atoms with Crippen LogP contribution >= 0.6 is 22.6 Å². The Labute approximate surface area is 361 Å². The minimum absolute atomic E-state index is 0.0978. The fourth-order valence-corrected chi connectivity index (χ4v) is 5.65. The fourth-order valence-electron chi connectivity index (χ4n) is 5.50. The van der Waals surface area contributed by atoms with Gasteiger partial charge in [-0.15, -0.1) is 4.91 Å². The van der Waals surface area contributed by atoms with Crippen LogP contribution in [0.2, 0.25) is 0 Å². The fraction of sp³-hybridized carbons (Fsp3) is 0.816. The third kappa shape index (κ3) is 33.2. The summed E-state index contributed by atoms with van der Waals surface area (Å²) in [5, 5.41) is 18.8. The normalized spacial score (nSPS) is 12.0. The van der Waals surface area contributed by atoms with Crippen LogP contribution in [0.5, 0.6) is 0 Å². The monoisotopic (exact) mass is 957 g/mol. The van der Waals surface area contributed by atoms with Gasteiger partial charge in [-0.05, 0) is 26.2 Å². The zero-order valence-corrected chi connectivity index (χ0v) is 36.8. The Hall–Kier alpha value is -3.22. The van der Waals surface area contributed by atoms with Crippen molar-refractivity contribution in [2.75, 3.05) is 65.9 Å². The molecule has 0 rings (SSSR count). The highest BCUT2D eigenvalue weighted by Crippen LogP contribution is 2.15. The second-order valence-electron chi connectivity index (χ2n) is 14.0.